The molecule has 0 radical (unpaired) electrons. The van der Waals surface area contributed by atoms with Crippen LogP contribution >= 0.6 is 11.3 Å². The van der Waals surface area contributed by atoms with E-state index in [-0.39, 0.29) is 0 Å². The van der Waals surface area contributed by atoms with Crippen molar-refractivity contribution < 1.29 is 0 Å². The Morgan fingerprint density at radius 2 is 2.07 bits per heavy atom. The fraction of sp³-hybridized carbons (Fsp3) is 0.800. The standard InChI is InChI=1S/C10H13N3S/c1-2-6-3-5(1)7-8(6)9(7)12-10-13-11-4-14-10/h4-9H,1-3H2,(H,12,13). The molecule has 4 unspecified atom stereocenters. The van der Waals surface area contributed by atoms with Crippen molar-refractivity contribution in [2.45, 2.75) is 25.3 Å². The van der Waals surface area contributed by atoms with Gasteiger partial charge in [0.15, 0.2) is 0 Å². The number of anilines is 1. The van der Waals surface area contributed by atoms with Gasteiger partial charge in [0.2, 0.25) is 5.13 Å². The van der Waals surface area contributed by atoms with Crippen LogP contribution in [0, 0.1) is 23.7 Å². The average molecular weight is 207 g/mol. The van der Waals surface area contributed by atoms with E-state index in [2.05, 4.69) is 15.5 Å². The van der Waals surface area contributed by atoms with Gasteiger partial charge in [-0.15, -0.1) is 10.2 Å². The molecule has 1 aromatic rings. The van der Waals surface area contributed by atoms with Crippen LogP contribution in [0.25, 0.3) is 0 Å². The molecule has 3 fully saturated rings. The summed E-state index contributed by atoms with van der Waals surface area (Å²) in [7, 11) is 0. The Hall–Kier alpha value is -0.640. The Kier molecular flexibility index (Phi) is 1.35. The molecule has 0 saturated heterocycles. The Bertz CT molecular complexity index is 334. The highest BCUT2D eigenvalue weighted by atomic mass is 32.1. The van der Waals surface area contributed by atoms with Crippen molar-refractivity contribution in [3.8, 4) is 0 Å². The number of hydrogen-bond acceptors (Lipinski definition) is 4. The number of nitrogens with one attached hydrogen (secondary N) is 1. The summed E-state index contributed by atoms with van der Waals surface area (Å²) in [6.45, 7) is 0. The molecule has 1 N–H and O–H groups in total. The van der Waals surface area contributed by atoms with Gasteiger partial charge in [0, 0.05) is 6.04 Å². The highest BCUT2D eigenvalue weighted by Crippen LogP contribution is 2.66. The molecule has 0 aromatic carbocycles. The molecule has 3 aliphatic carbocycles. The molecule has 3 nitrogen and oxygen atoms in total. The molecule has 4 atom stereocenters. The van der Waals surface area contributed by atoms with Crippen molar-refractivity contribution in [3.05, 3.63) is 5.51 Å². The normalized spacial score (nSPS) is 47.9. The van der Waals surface area contributed by atoms with Gasteiger partial charge in [-0.2, -0.15) is 0 Å². The number of nitrogens with zero attached hydrogens (tertiary/aromatic N) is 2. The van der Waals surface area contributed by atoms with Gasteiger partial charge in [0.25, 0.3) is 0 Å². The fourth-order valence-electron chi connectivity index (χ4n) is 3.90. The third-order valence-electron chi connectivity index (χ3n) is 4.39. The maximum atomic E-state index is 4.05. The minimum atomic E-state index is 0.745. The molecule has 3 saturated carbocycles. The summed E-state index contributed by atoms with van der Waals surface area (Å²) in [4.78, 5) is 0. The molecule has 2 bridgehead atoms. The zero-order valence-corrected chi connectivity index (χ0v) is 8.70. The third-order valence-corrected chi connectivity index (χ3v) is 5.01. The van der Waals surface area contributed by atoms with Crippen LogP contribution in [0.5, 0.6) is 0 Å². The summed E-state index contributed by atoms with van der Waals surface area (Å²) in [5, 5.41) is 12.5. The van der Waals surface area contributed by atoms with E-state index < -0.39 is 0 Å². The van der Waals surface area contributed by atoms with Crippen molar-refractivity contribution in [3.63, 3.8) is 0 Å². The van der Waals surface area contributed by atoms with Gasteiger partial charge in [0.1, 0.15) is 5.51 Å². The number of hydrogen-bond donors (Lipinski definition) is 1. The van der Waals surface area contributed by atoms with E-state index in [0.29, 0.717) is 0 Å². The Labute approximate surface area is 86.9 Å². The van der Waals surface area contributed by atoms with Gasteiger partial charge in [-0.25, -0.2) is 0 Å². The Morgan fingerprint density at radius 3 is 2.71 bits per heavy atom. The van der Waals surface area contributed by atoms with Crippen molar-refractivity contribution in [1.29, 1.82) is 0 Å². The molecule has 14 heavy (non-hydrogen) atoms. The van der Waals surface area contributed by atoms with Crippen LogP contribution in [-0.2, 0) is 0 Å². The lowest BCUT2D eigenvalue weighted by atomic mass is 10.0. The quantitative estimate of drug-likeness (QED) is 0.806. The van der Waals surface area contributed by atoms with Crippen LogP contribution in [0.4, 0.5) is 5.13 Å². The number of fused-ring (bicyclic) bond motifs is 5. The molecule has 1 aromatic heterocycles. The lowest BCUT2D eigenvalue weighted by Crippen LogP contribution is -2.12. The van der Waals surface area contributed by atoms with Crippen molar-refractivity contribution in [2.75, 3.05) is 5.32 Å². The van der Waals surface area contributed by atoms with Gasteiger partial charge in [-0.05, 0) is 42.9 Å². The zero-order valence-electron chi connectivity index (χ0n) is 7.89. The molecule has 4 rings (SSSR count). The second-order valence-electron chi connectivity index (χ2n) is 4.90. The SMILES string of the molecule is c1nnc(NC2C3C4CCC(C4)C23)s1. The number of rotatable bonds is 2. The van der Waals surface area contributed by atoms with E-state index in [9.17, 15) is 0 Å². The van der Waals surface area contributed by atoms with Gasteiger partial charge < -0.3 is 5.32 Å². The van der Waals surface area contributed by atoms with Crippen LogP contribution in [0.2, 0.25) is 0 Å². The second-order valence-corrected chi connectivity index (χ2v) is 5.74. The summed E-state index contributed by atoms with van der Waals surface area (Å²) in [5.41, 5.74) is 1.80. The van der Waals surface area contributed by atoms with E-state index in [1.54, 1.807) is 16.8 Å². The maximum absolute atomic E-state index is 4.05. The first-order valence-corrected chi connectivity index (χ1v) is 6.34. The minimum Gasteiger partial charge on any atom is -0.357 e. The second kappa shape index (κ2) is 2.48. The Morgan fingerprint density at radius 1 is 1.29 bits per heavy atom. The average Bonchev–Trinajstić information content (AvgIpc) is 2.68. The largest absolute Gasteiger partial charge is 0.357 e. The van der Waals surface area contributed by atoms with Crippen molar-refractivity contribution >= 4 is 16.5 Å². The molecule has 1 heterocycles. The van der Waals surface area contributed by atoms with Gasteiger partial charge in [0.05, 0.1) is 0 Å². The smallest absolute Gasteiger partial charge is 0.205 e. The summed E-state index contributed by atoms with van der Waals surface area (Å²) in [6.07, 6.45) is 4.49. The highest BCUT2D eigenvalue weighted by Gasteiger charge is 2.65. The first kappa shape index (κ1) is 7.63. The fourth-order valence-corrected chi connectivity index (χ4v) is 4.39. The summed E-state index contributed by atoms with van der Waals surface area (Å²) < 4.78 is 0. The predicted octanol–water partition coefficient (Wildman–Crippen LogP) is 1.99. The lowest BCUT2D eigenvalue weighted by molar-refractivity contribution is 0.456. The van der Waals surface area contributed by atoms with E-state index >= 15 is 0 Å². The van der Waals surface area contributed by atoms with E-state index in [1.807, 2.05) is 0 Å². The van der Waals surface area contributed by atoms with E-state index in [1.165, 1.54) is 19.3 Å². The molecular formula is C10H13N3S. The molecule has 0 amide bonds. The van der Waals surface area contributed by atoms with E-state index in [4.69, 9.17) is 0 Å². The van der Waals surface area contributed by atoms with Gasteiger partial charge in [-0.1, -0.05) is 11.3 Å². The van der Waals surface area contributed by atoms with Crippen LogP contribution in [0.1, 0.15) is 19.3 Å². The van der Waals surface area contributed by atoms with Crippen LogP contribution in [0.3, 0.4) is 0 Å². The third kappa shape index (κ3) is 0.874. The Balaban J connectivity index is 1.51. The monoisotopic (exact) mass is 207 g/mol. The lowest BCUT2D eigenvalue weighted by Gasteiger charge is -2.08. The molecule has 4 heteroatoms. The van der Waals surface area contributed by atoms with Crippen LogP contribution in [0.15, 0.2) is 5.51 Å². The van der Waals surface area contributed by atoms with Crippen LogP contribution < -0.4 is 5.32 Å². The summed E-state index contributed by atoms with van der Waals surface area (Å²) in [5.74, 6) is 4.04. The topological polar surface area (TPSA) is 37.8 Å². The molecule has 74 valence electrons. The maximum Gasteiger partial charge on any atom is 0.205 e. The van der Waals surface area contributed by atoms with E-state index in [0.717, 1.165) is 34.8 Å². The predicted molar refractivity (Wildman–Crippen MR) is 55.1 cm³/mol. The first-order valence-electron chi connectivity index (χ1n) is 5.46. The van der Waals surface area contributed by atoms with Gasteiger partial charge in [-0.3, -0.25) is 0 Å². The first-order chi connectivity index (χ1) is 6.93. The molecule has 0 spiro atoms. The van der Waals surface area contributed by atoms with Gasteiger partial charge >= 0.3 is 0 Å². The highest BCUT2D eigenvalue weighted by molar-refractivity contribution is 7.13. The minimum absolute atomic E-state index is 0.745. The summed E-state index contributed by atoms with van der Waals surface area (Å²) >= 11 is 1.62. The van der Waals surface area contributed by atoms with Crippen molar-refractivity contribution in [2.24, 2.45) is 23.7 Å². The van der Waals surface area contributed by atoms with Crippen LogP contribution in [-0.4, -0.2) is 16.2 Å². The number of aromatic nitrogens is 2. The summed E-state index contributed by atoms with van der Waals surface area (Å²) in [6, 6.07) is 0.745. The zero-order chi connectivity index (χ0) is 9.12. The molecule has 0 aliphatic heterocycles. The molecule has 3 aliphatic rings. The molecular weight excluding hydrogens is 194 g/mol. The van der Waals surface area contributed by atoms with Crippen molar-refractivity contribution in [1.82, 2.24) is 10.2 Å².